The molecule has 16 heavy (non-hydrogen) atoms. The van der Waals surface area contributed by atoms with Gasteiger partial charge in [-0.15, -0.1) is 0 Å². The molecule has 1 aliphatic rings. The summed E-state index contributed by atoms with van der Waals surface area (Å²) < 4.78 is 0. The van der Waals surface area contributed by atoms with Gasteiger partial charge >= 0.3 is 5.97 Å². The maximum Gasteiger partial charge on any atom is 0.309 e. The van der Waals surface area contributed by atoms with Gasteiger partial charge < -0.3 is 10.8 Å². The lowest BCUT2D eigenvalue weighted by Crippen LogP contribution is -2.37. The zero-order valence-corrected chi connectivity index (χ0v) is 10.7. The summed E-state index contributed by atoms with van der Waals surface area (Å²) in [5, 5.41) is 9.26. The third kappa shape index (κ3) is 2.97. The number of rotatable bonds is 4. The first-order valence-corrected chi connectivity index (χ1v) is 6.38. The van der Waals surface area contributed by atoms with E-state index in [4.69, 9.17) is 5.73 Å². The molecular weight excluding hydrogens is 202 g/mol. The van der Waals surface area contributed by atoms with Gasteiger partial charge in [-0.1, -0.05) is 13.8 Å². The fourth-order valence-electron chi connectivity index (χ4n) is 2.74. The number of carboxylic acids is 1. The second-order valence-corrected chi connectivity index (χ2v) is 5.74. The van der Waals surface area contributed by atoms with Gasteiger partial charge in [-0.3, -0.25) is 4.79 Å². The van der Waals surface area contributed by atoms with Crippen LogP contribution in [0.25, 0.3) is 0 Å². The van der Waals surface area contributed by atoms with Crippen LogP contribution in [0.1, 0.15) is 52.9 Å². The third-order valence-electron chi connectivity index (χ3n) is 4.38. The van der Waals surface area contributed by atoms with Crippen LogP contribution in [0.5, 0.6) is 0 Å². The number of nitrogens with two attached hydrogens (primary N) is 1. The predicted octanol–water partition coefficient (Wildman–Crippen LogP) is 2.64. The van der Waals surface area contributed by atoms with Gasteiger partial charge in [0.25, 0.3) is 0 Å². The van der Waals surface area contributed by atoms with E-state index < -0.39 is 11.4 Å². The molecule has 1 rings (SSSR count). The van der Waals surface area contributed by atoms with E-state index in [0.29, 0.717) is 24.3 Å². The zero-order valence-electron chi connectivity index (χ0n) is 10.7. The van der Waals surface area contributed by atoms with Crippen molar-refractivity contribution in [2.75, 3.05) is 0 Å². The van der Waals surface area contributed by atoms with E-state index in [2.05, 4.69) is 6.92 Å². The Bertz CT molecular complexity index is 254. The molecule has 0 aromatic carbocycles. The molecule has 0 bridgehead atoms. The Balaban J connectivity index is 2.57. The predicted molar refractivity (Wildman–Crippen MR) is 65.1 cm³/mol. The molecule has 0 saturated heterocycles. The van der Waals surface area contributed by atoms with Crippen molar-refractivity contribution in [1.29, 1.82) is 0 Å². The summed E-state index contributed by atoms with van der Waals surface area (Å²) in [6.07, 6.45) is 4.73. The molecule has 3 nitrogen and oxygen atoms in total. The van der Waals surface area contributed by atoms with Gasteiger partial charge in [-0.05, 0) is 50.9 Å². The molecule has 0 aromatic rings. The average molecular weight is 227 g/mol. The highest BCUT2D eigenvalue weighted by molar-refractivity contribution is 5.74. The summed E-state index contributed by atoms with van der Waals surface area (Å²) in [6, 6.07) is 0.314. The van der Waals surface area contributed by atoms with Gasteiger partial charge in [-0.25, -0.2) is 0 Å². The smallest absolute Gasteiger partial charge is 0.309 e. The second kappa shape index (κ2) is 5.17. The fourth-order valence-corrected chi connectivity index (χ4v) is 2.74. The van der Waals surface area contributed by atoms with Crippen molar-refractivity contribution in [2.24, 2.45) is 23.0 Å². The monoisotopic (exact) mass is 227 g/mol. The summed E-state index contributed by atoms with van der Waals surface area (Å²) in [4.78, 5) is 11.2. The van der Waals surface area contributed by atoms with Gasteiger partial charge in [0, 0.05) is 6.04 Å². The number of hydrogen-bond acceptors (Lipinski definition) is 2. The maximum atomic E-state index is 11.2. The lowest BCUT2D eigenvalue weighted by atomic mass is 9.70. The summed E-state index contributed by atoms with van der Waals surface area (Å²) in [5.41, 5.74) is 5.43. The van der Waals surface area contributed by atoms with Crippen LogP contribution < -0.4 is 5.73 Å². The van der Waals surface area contributed by atoms with Crippen molar-refractivity contribution >= 4 is 5.97 Å². The van der Waals surface area contributed by atoms with Crippen LogP contribution in [0.3, 0.4) is 0 Å². The molecule has 0 aliphatic heterocycles. The quantitative estimate of drug-likeness (QED) is 0.776. The van der Waals surface area contributed by atoms with Crippen molar-refractivity contribution in [2.45, 2.75) is 58.9 Å². The zero-order chi connectivity index (χ0) is 12.3. The Morgan fingerprint density at radius 3 is 2.56 bits per heavy atom. The molecule has 0 aromatic heterocycles. The van der Waals surface area contributed by atoms with E-state index in [0.717, 1.165) is 25.7 Å². The van der Waals surface area contributed by atoms with Gasteiger partial charge in [0.15, 0.2) is 0 Å². The number of carbonyl (C=O) groups is 1. The highest BCUT2D eigenvalue weighted by Crippen LogP contribution is 2.38. The molecular formula is C13H25NO2. The van der Waals surface area contributed by atoms with E-state index in [9.17, 15) is 9.90 Å². The van der Waals surface area contributed by atoms with Gasteiger partial charge in [-0.2, -0.15) is 0 Å². The molecule has 0 heterocycles. The highest BCUT2D eigenvalue weighted by atomic mass is 16.4. The Morgan fingerprint density at radius 1 is 1.50 bits per heavy atom. The van der Waals surface area contributed by atoms with Crippen molar-refractivity contribution in [3.8, 4) is 0 Å². The molecule has 0 radical (unpaired) electrons. The number of aliphatic carboxylic acids is 1. The lowest BCUT2D eigenvalue weighted by molar-refractivity contribution is -0.149. The van der Waals surface area contributed by atoms with Crippen LogP contribution in [-0.2, 0) is 4.79 Å². The minimum Gasteiger partial charge on any atom is -0.481 e. The van der Waals surface area contributed by atoms with Crippen molar-refractivity contribution < 1.29 is 9.90 Å². The van der Waals surface area contributed by atoms with E-state index in [1.54, 1.807) is 0 Å². The topological polar surface area (TPSA) is 63.3 Å². The largest absolute Gasteiger partial charge is 0.481 e. The van der Waals surface area contributed by atoms with Gasteiger partial charge in [0.2, 0.25) is 0 Å². The van der Waals surface area contributed by atoms with Crippen LogP contribution in [0.2, 0.25) is 0 Å². The maximum absolute atomic E-state index is 11.2. The molecule has 0 amide bonds. The fraction of sp³-hybridized carbons (Fsp3) is 0.923. The van der Waals surface area contributed by atoms with Crippen molar-refractivity contribution in [3.05, 3.63) is 0 Å². The molecule has 3 heteroatoms. The average Bonchev–Trinajstić information content (AvgIpc) is 2.23. The molecule has 0 spiro atoms. The molecule has 1 fully saturated rings. The third-order valence-corrected chi connectivity index (χ3v) is 4.38. The SMILES string of the molecule is CCC(C)(CC1CCC(N)C(C)C1)C(=O)O. The lowest BCUT2D eigenvalue weighted by Gasteiger charge is -2.36. The molecule has 94 valence electrons. The Kier molecular flexibility index (Phi) is 4.36. The molecule has 3 N–H and O–H groups in total. The number of carboxylic acid groups (broad SMARTS) is 1. The van der Waals surface area contributed by atoms with Crippen LogP contribution in [0, 0.1) is 17.3 Å². The Hall–Kier alpha value is -0.570. The summed E-state index contributed by atoms with van der Waals surface area (Å²) in [6.45, 7) is 6.02. The van der Waals surface area contributed by atoms with Crippen LogP contribution in [0.4, 0.5) is 0 Å². The summed E-state index contributed by atoms with van der Waals surface area (Å²) in [5.74, 6) is 0.419. The van der Waals surface area contributed by atoms with E-state index in [-0.39, 0.29) is 0 Å². The summed E-state index contributed by atoms with van der Waals surface area (Å²) in [7, 11) is 0. The second-order valence-electron chi connectivity index (χ2n) is 5.74. The van der Waals surface area contributed by atoms with Crippen molar-refractivity contribution in [1.82, 2.24) is 0 Å². The Labute approximate surface area is 98.4 Å². The molecule has 1 saturated carbocycles. The van der Waals surface area contributed by atoms with Crippen LogP contribution >= 0.6 is 0 Å². The highest BCUT2D eigenvalue weighted by Gasteiger charge is 2.36. The first-order chi connectivity index (χ1) is 7.39. The number of hydrogen-bond donors (Lipinski definition) is 2. The normalized spacial score (nSPS) is 34.4. The van der Waals surface area contributed by atoms with Crippen LogP contribution in [-0.4, -0.2) is 17.1 Å². The van der Waals surface area contributed by atoms with Gasteiger partial charge in [0.05, 0.1) is 5.41 Å². The summed E-state index contributed by atoms with van der Waals surface area (Å²) >= 11 is 0. The first-order valence-electron chi connectivity index (χ1n) is 6.38. The van der Waals surface area contributed by atoms with E-state index in [1.807, 2.05) is 13.8 Å². The van der Waals surface area contributed by atoms with Crippen molar-refractivity contribution in [3.63, 3.8) is 0 Å². The molecule has 4 atom stereocenters. The van der Waals surface area contributed by atoms with E-state index in [1.165, 1.54) is 0 Å². The molecule has 4 unspecified atom stereocenters. The van der Waals surface area contributed by atoms with Crippen LogP contribution in [0.15, 0.2) is 0 Å². The first kappa shape index (κ1) is 13.5. The minimum atomic E-state index is -0.655. The van der Waals surface area contributed by atoms with E-state index >= 15 is 0 Å². The standard InChI is InChI=1S/C13H25NO2/c1-4-13(3,12(15)16)8-10-5-6-11(14)9(2)7-10/h9-11H,4-8,14H2,1-3H3,(H,15,16). The molecule has 1 aliphatic carbocycles. The minimum absolute atomic E-state index is 0.314. The Morgan fingerprint density at radius 2 is 2.12 bits per heavy atom. The van der Waals surface area contributed by atoms with Gasteiger partial charge in [0.1, 0.15) is 0 Å².